The van der Waals surface area contributed by atoms with Crippen LogP contribution in [0.2, 0.25) is 0 Å². The molecule has 2 aromatic carbocycles. The summed E-state index contributed by atoms with van der Waals surface area (Å²) in [5, 5.41) is 2.83. The lowest BCUT2D eigenvalue weighted by Gasteiger charge is -2.29. The number of benzene rings is 2. The van der Waals surface area contributed by atoms with Gasteiger partial charge in [0.05, 0.1) is 6.42 Å². The van der Waals surface area contributed by atoms with Crippen molar-refractivity contribution in [3.8, 4) is 0 Å². The van der Waals surface area contributed by atoms with Gasteiger partial charge in [-0.2, -0.15) is 0 Å². The molecule has 1 atom stereocenters. The third-order valence-corrected chi connectivity index (χ3v) is 4.93. The number of nitrogens with one attached hydrogen (secondary N) is 1. The fourth-order valence-electron chi connectivity index (χ4n) is 3.08. The first kappa shape index (κ1) is 20.7. The van der Waals surface area contributed by atoms with Crippen molar-refractivity contribution in [2.75, 3.05) is 13.1 Å². The van der Waals surface area contributed by atoms with E-state index in [1.54, 1.807) is 11.8 Å². The van der Waals surface area contributed by atoms with E-state index in [2.05, 4.69) is 18.3 Å². The Balaban J connectivity index is 2.14. The van der Waals surface area contributed by atoms with Crippen molar-refractivity contribution < 1.29 is 9.59 Å². The van der Waals surface area contributed by atoms with Gasteiger partial charge in [-0.3, -0.25) is 9.59 Å². The van der Waals surface area contributed by atoms with Crippen LogP contribution < -0.4 is 5.32 Å². The Bertz CT molecular complexity index is 771. The predicted molar refractivity (Wildman–Crippen MR) is 110 cm³/mol. The van der Waals surface area contributed by atoms with Gasteiger partial charge in [-0.05, 0) is 56.4 Å². The summed E-state index contributed by atoms with van der Waals surface area (Å²) in [5.41, 5.74) is 4.52. The zero-order valence-corrected chi connectivity index (χ0v) is 16.8. The number of hydrogen-bond donors (Lipinski definition) is 1. The fourth-order valence-corrected chi connectivity index (χ4v) is 3.08. The summed E-state index contributed by atoms with van der Waals surface area (Å²) in [6.07, 6.45) is 1.03. The number of carbonyl (C=O) groups excluding carboxylic acids is 2. The molecule has 4 heteroatoms. The minimum Gasteiger partial charge on any atom is -0.355 e. The maximum atomic E-state index is 13.0. The Morgan fingerprint density at radius 2 is 1.70 bits per heavy atom. The molecule has 4 nitrogen and oxygen atoms in total. The Kier molecular flexibility index (Phi) is 7.59. The quantitative estimate of drug-likeness (QED) is 0.778. The van der Waals surface area contributed by atoms with Crippen molar-refractivity contribution >= 4 is 11.8 Å². The number of hydrogen-bond acceptors (Lipinski definition) is 2. The average molecular weight is 367 g/mol. The SMILES string of the molecule is CCNC(=O)[C@@H](C)N(CCc1ccccc1)C(=O)Cc1ccc(C)c(C)c1. The minimum atomic E-state index is -0.493. The summed E-state index contributed by atoms with van der Waals surface area (Å²) >= 11 is 0. The molecule has 0 aliphatic heterocycles. The van der Waals surface area contributed by atoms with Gasteiger partial charge in [0.25, 0.3) is 0 Å². The molecule has 0 heterocycles. The van der Waals surface area contributed by atoms with E-state index < -0.39 is 6.04 Å². The van der Waals surface area contributed by atoms with Gasteiger partial charge >= 0.3 is 0 Å². The smallest absolute Gasteiger partial charge is 0.242 e. The van der Waals surface area contributed by atoms with Crippen LogP contribution in [0.15, 0.2) is 48.5 Å². The largest absolute Gasteiger partial charge is 0.355 e. The molecule has 2 amide bonds. The van der Waals surface area contributed by atoms with Crippen molar-refractivity contribution in [1.82, 2.24) is 10.2 Å². The molecule has 1 N–H and O–H groups in total. The van der Waals surface area contributed by atoms with E-state index in [0.29, 0.717) is 19.5 Å². The van der Waals surface area contributed by atoms with Crippen LogP contribution in [0.3, 0.4) is 0 Å². The second kappa shape index (κ2) is 9.91. The summed E-state index contributed by atoms with van der Waals surface area (Å²) in [4.78, 5) is 27.1. The predicted octanol–water partition coefficient (Wildman–Crippen LogP) is 3.44. The van der Waals surface area contributed by atoms with Gasteiger partial charge < -0.3 is 10.2 Å². The van der Waals surface area contributed by atoms with Crippen LogP contribution >= 0.6 is 0 Å². The van der Waals surface area contributed by atoms with E-state index >= 15 is 0 Å². The lowest BCUT2D eigenvalue weighted by atomic mass is 10.0. The molecule has 144 valence electrons. The molecule has 0 aliphatic rings. The van der Waals surface area contributed by atoms with Gasteiger partial charge in [0.1, 0.15) is 6.04 Å². The molecule has 2 aromatic rings. The third-order valence-electron chi connectivity index (χ3n) is 4.93. The minimum absolute atomic E-state index is 0.0204. The van der Waals surface area contributed by atoms with Crippen molar-refractivity contribution in [3.63, 3.8) is 0 Å². The highest BCUT2D eigenvalue weighted by Gasteiger charge is 2.25. The van der Waals surface area contributed by atoms with E-state index in [1.807, 2.05) is 56.3 Å². The molecule has 0 saturated carbocycles. The first-order valence-corrected chi connectivity index (χ1v) is 9.59. The number of rotatable bonds is 8. The first-order chi connectivity index (χ1) is 12.9. The lowest BCUT2D eigenvalue weighted by molar-refractivity contribution is -0.139. The number of aryl methyl sites for hydroxylation is 2. The Morgan fingerprint density at radius 3 is 2.33 bits per heavy atom. The van der Waals surface area contributed by atoms with E-state index in [4.69, 9.17) is 0 Å². The van der Waals surface area contributed by atoms with Gasteiger partial charge in [0.2, 0.25) is 11.8 Å². The molecule has 0 aliphatic carbocycles. The highest BCUT2D eigenvalue weighted by Crippen LogP contribution is 2.13. The van der Waals surface area contributed by atoms with Gasteiger partial charge in [-0.25, -0.2) is 0 Å². The average Bonchev–Trinajstić information content (AvgIpc) is 2.65. The number of likely N-dealkylation sites (N-methyl/N-ethyl adjacent to an activating group) is 1. The van der Waals surface area contributed by atoms with Crippen LogP contribution in [-0.4, -0.2) is 35.8 Å². The van der Waals surface area contributed by atoms with E-state index in [-0.39, 0.29) is 11.8 Å². The highest BCUT2D eigenvalue weighted by atomic mass is 16.2. The van der Waals surface area contributed by atoms with E-state index in [9.17, 15) is 9.59 Å². The topological polar surface area (TPSA) is 49.4 Å². The molecule has 0 bridgehead atoms. The Labute approximate surface area is 162 Å². The maximum absolute atomic E-state index is 13.0. The summed E-state index contributed by atoms with van der Waals surface area (Å²) in [6, 6.07) is 15.6. The lowest BCUT2D eigenvalue weighted by Crippen LogP contribution is -2.49. The second-order valence-corrected chi connectivity index (χ2v) is 6.99. The van der Waals surface area contributed by atoms with Crippen molar-refractivity contribution in [2.45, 2.75) is 46.6 Å². The van der Waals surface area contributed by atoms with Gasteiger partial charge in [-0.15, -0.1) is 0 Å². The molecule has 0 radical (unpaired) electrons. The van der Waals surface area contributed by atoms with Crippen LogP contribution in [-0.2, 0) is 22.4 Å². The monoisotopic (exact) mass is 366 g/mol. The van der Waals surface area contributed by atoms with Crippen molar-refractivity contribution in [2.24, 2.45) is 0 Å². The Morgan fingerprint density at radius 1 is 1.00 bits per heavy atom. The molecule has 0 fully saturated rings. The molecule has 0 saturated heterocycles. The number of carbonyl (C=O) groups is 2. The normalized spacial score (nSPS) is 11.7. The van der Waals surface area contributed by atoms with E-state index in [1.165, 1.54) is 11.1 Å². The van der Waals surface area contributed by atoms with Crippen LogP contribution in [0.4, 0.5) is 0 Å². The van der Waals surface area contributed by atoms with Crippen LogP contribution in [0.25, 0.3) is 0 Å². The summed E-state index contributed by atoms with van der Waals surface area (Å²) < 4.78 is 0. The molecule has 2 rings (SSSR count). The molecule has 0 unspecified atom stereocenters. The first-order valence-electron chi connectivity index (χ1n) is 9.59. The summed E-state index contributed by atoms with van der Waals surface area (Å²) in [5.74, 6) is -0.132. The molecular weight excluding hydrogens is 336 g/mol. The van der Waals surface area contributed by atoms with Crippen molar-refractivity contribution in [1.29, 1.82) is 0 Å². The molecule has 0 aromatic heterocycles. The molecular formula is C23H30N2O2. The second-order valence-electron chi connectivity index (χ2n) is 6.99. The summed E-state index contributed by atoms with van der Waals surface area (Å²) in [6.45, 7) is 8.87. The number of nitrogens with zero attached hydrogens (tertiary/aromatic N) is 1. The fraction of sp³-hybridized carbons (Fsp3) is 0.391. The number of amides is 2. The Hall–Kier alpha value is -2.62. The van der Waals surface area contributed by atoms with Crippen LogP contribution in [0.1, 0.15) is 36.1 Å². The van der Waals surface area contributed by atoms with Crippen LogP contribution in [0.5, 0.6) is 0 Å². The van der Waals surface area contributed by atoms with Gasteiger partial charge in [0, 0.05) is 13.1 Å². The third kappa shape index (κ3) is 5.95. The highest BCUT2D eigenvalue weighted by molar-refractivity contribution is 5.88. The maximum Gasteiger partial charge on any atom is 0.242 e. The van der Waals surface area contributed by atoms with Crippen LogP contribution in [0, 0.1) is 13.8 Å². The standard InChI is InChI=1S/C23H30N2O2/c1-5-24-23(27)19(4)25(14-13-20-9-7-6-8-10-20)22(26)16-21-12-11-17(2)18(3)15-21/h6-12,15,19H,5,13-14,16H2,1-4H3,(H,24,27)/t19-/m1/s1. The van der Waals surface area contributed by atoms with Crippen molar-refractivity contribution in [3.05, 3.63) is 70.8 Å². The zero-order chi connectivity index (χ0) is 19.8. The van der Waals surface area contributed by atoms with Gasteiger partial charge in [0.15, 0.2) is 0 Å². The van der Waals surface area contributed by atoms with E-state index in [0.717, 1.165) is 17.5 Å². The van der Waals surface area contributed by atoms with Gasteiger partial charge in [-0.1, -0.05) is 48.5 Å². The zero-order valence-electron chi connectivity index (χ0n) is 16.8. The molecule has 27 heavy (non-hydrogen) atoms. The summed E-state index contributed by atoms with van der Waals surface area (Å²) in [7, 11) is 0. The molecule has 0 spiro atoms.